The van der Waals surface area contributed by atoms with Gasteiger partial charge in [0.15, 0.2) is 5.65 Å². The van der Waals surface area contributed by atoms with Crippen molar-refractivity contribution in [3.05, 3.63) is 42.1 Å². The van der Waals surface area contributed by atoms with E-state index >= 15 is 0 Å². The van der Waals surface area contributed by atoms with E-state index < -0.39 is 0 Å². The van der Waals surface area contributed by atoms with Crippen LogP contribution in [0.5, 0.6) is 0 Å². The Labute approximate surface area is 102 Å². The summed E-state index contributed by atoms with van der Waals surface area (Å²) in [6.45, 7) is 1.85. The van der Waals surface area contributed by atoms with Crippen LogP contribution in [0.4, 0.5) is 5.69 Å². The maximum absolute atomic E-state index is 12.0. The predicted molar refractivity (Wildman–Crippen MR) is 64.3 cm³/mol. The lowest BCUT2D eigenvalue weighted by molar-refractivity contribution is 0.102. The summed E-state index contributed by atoms with van der Waals surface area (Å²) in [6.07, 6.45) is 4.92. The van der Waals surface area contributed by atoms with Gasteiger partial charge in [-0.2, -0.15) is 5.10 Å². The third kappa shape index (κ3) is 1.71. The molecular formula is C11H10N6O. The molecule has 7 nitrogen and oxygen atoms in total. The van der Waals surface area contributed by atoms with Crippen molar-refractivity contribution < 1.29 is 4.79 Å². The van der Waals surface area contributed by atoms with Gasteiger partial charge in [-0.25, -0.2) is 0 Å². The van der Waals surface area contributed by atoms with Crippen molar-refractivity contribution in [1.29, 1.82) is 0 Å². The summed E-state index contributed by atoms with van der Waals surface area (Å²) in [5.41, 5.74) is 1.79. The van der Waals surface area contributed by atoms with Crippen LogP contribution in [0.1, 0.15) is 16.2 Å². The van der Waals surface area contributed by atoms with Gasteiger partial charge in [0.25, 0.3) is 5.91 Å². The van der Waals surface area contributed by atoms with Gasteiger partial charge in [-0.1, -0.05) is 0 Å². The molecule has 0 bridgehead atoms. The molecule has 3 aromatic rings. The molecular weight excluding hydrogens is 232 g/mol. The van der Waals surface area contributed by atoms with E-state index in [1.807, 2.05) is 11.3 Å². The zero-order chi connectivity index (χ0) is 12.5. The number of aromatic nitrogens is 5. The molecule has 3 heterocycles. The standard InChI is InChI=1S/C11H10N6O/c1-7-15-16-10-4-8(2-3-17(7)10)11(18)14-9-5-12-13-6-9/h2-6H,1H3,(H,12,13)(H,14,18). The van der Waals surface area contributed by atoms with Crippen LogP contribution in [-0.4, -0.2) is 30.7 Å². The second kappa shape index (κ2) is 3.95. The fourth-order valence-electron chi connectivity index (χ4n) is 1.67. The summed E-state index contributed by atoms with van der Waals surface area (Å²) in [5, 5.41) is 17.0. The van der Waals surface area contributed by atoms with Crippen LogP contribution in [0.2, 0.25) is 0 Å². The summed E-state index contributed by atoms with van der Waals surface area (Å²) in [4.78, 5) is 12.0. The lowest BCUT2D eigenvalue weighted by Gasteiger charge is -2.02. The first-order chi connectivity index (χ1) is 8.74. The molecule has 3 aromatic heterocycles. The topological polar surface area (TPSA) is 88.0 Å². The van der Waals surface area contributed by atoms with Gasteiger partial charge >= 0.3 is 0 Å². The van der Waals surface area contributed by atoms with Crippen LogP contribution < -0.4 is 5.32 Å². The van der Waals surface area contributed by atoms with E-state index in [1.165, 1.54) is 6.20 Å². The number of pyridine rings is 1. The highest BCUT2D eigenvalue weighted by Gasteiger charge is 2.09. The van der Waals surface area contributed by atoms with Crippen LogP contribution in [-0.2, 0) is 0 Å². The van der Waals surface area contributed by atoms with Crippen molar-refractivity contribution in [3.8, 4) is 0 Å². The fraction of sp³-hybridized carbons (Fsp3) is 0.0909. The van der Waals surface area contributed by atoms with Crippen molar-refractivity contribution in [1.82, 2.24) is 24.8 Å². The highest BCUT2D eigenvalue weighted by atomic mass is 16.1. The monoisotopic (exact) mass is 242 g/mol. The molecule has 90 valence electrons. The minimum atomic E-state index is -0.209. The molecule has 0 unspecified atom stereocenters. The third-order valence-corrected chi connectivity index (χ3v) is 2.60. The molecule has 0 saturated heterocycles. The molecule has 18 heavy (non-hydrogen) atoms. The lowest BCUT2D eigenvalue weighted by atomic mass is 10.2. The first-order valence-electron chi connectivity index (χ1n) is 5.35. The summed E-state index contributed by atoms with van der Waals surface area (Å²) < 4.78 is 1.81. The molecule has 0 aliphatic carbocycles. The van der Waals surface area contributed by atoms with Crippen LogP contribution in [0.25, 0.3) is 5.65 Å². The zero-order valence-electron chi connectivity index (χ0n) is 9.58. The number of fused-ring (bicyclic) bond motifs is 1. The lowest BCUT2D eigenvalue weighted by Crippen LogP contribution is -2.11. The second-order valence-electron chi connectivity index (χ2n) is 3.83. The Bertz CT molecular complexity index is 699. The highest BCUT2D eigenvalue weighted by Crippen LogP contribution is 2.10. The van der Waals surface area contributed by atoms with Crippen molar-refractivity contribution in [2.45, 2.75) is 6.92 Å². The van der Waals surface area contributed by atoms with Crippen LogP contribution in [0.3, 0.4) is 0 Å². The summed E-state index contributed by atoms with van der Waals surface area (Å²) in [7, 11) is 0. The van der Waals surface area contributed by atoms with Crippen molar-refractivity contribution in [3.63, 3.8) is 0 Å². The molecule has 2 N–H and O–H groups in total. The molecule has 1 amide bonds. The highest BCUT2D eigenvalue weighted by molar-refractivity contribution is 6.04. The van der Waals surface area contributed by atoms with Crippen LogP contribution >= 0.6 is 0 Å². The van der Waals surface area contributed by atoms with Crippen molar-refractivity contribution in [2.24, 2.45) is 0 Å². The van der Waals surface area contributed by atoms with E-state index in [0.29, 0.717) is 16.9 Å². The van der Waals surface area contributed by atoms with Gasteiger partial charge in [0.05, 0.1) is 11.9 Å². The Kier molecular flexibility index (Phi) is 2.30. The smallest absolute Gasteiger partial charge is 0.255 e. The average Bonchev–Trinajstić information content (AvgIpc) is 2.99. The van der Waals surface area contributed by atoms with Gasteiger partial charge in [-0.05, 0) is 19.1 Å². The molecule has 0 aliphatic rings. The second-order valence-corrected chi connectivity index (χ2v) is 3.83. The van der Waals surface area contributed by atoms with Crippen LogP contribution in [0.15, 0.2) is 30.7 Å². The normalized spacial score (nSPS) is 10.7. The predicted octanol–water partition coefficient (Wildman–Crippen LogP) is 1.01. The number of anilines is 1. The maximum Gasteiger partial charge on any atom is 0.255 e. The Morgan fingerprint density at radius 1 is 1.44 bits per heavy atom. The maximum atomic E-state index is 12.0. The molecule has 0 radical (unpaired) electrons. The van der Waals surface area contributed by atoms with E-state index in [1.54, 1.807) is 24.5 Å². The zero-order valence-corrected chi connectivity index (χ0v) is 9.58. The molecule has 3 rings (SSSR count). The molecule has 0 aromatic carbocycles. The Balaban J connectivity index is 1.92. The van der Waals surface area contributed by atoms with Gasteiger partial charge < -0.3 is 5.32 Å². The number of rotatable bonds is 2. The number of hydrogen-bond donors (Lipinski definition) is 2. The molecule has 0 spiro atoms. The van der Waals surface area contributed by atoms with E-state index in [9.17, 15) is 4.79 Å². The number of nitrogens with one attached hydrogen (secondary N) is 2. The van der Waals surface area contributed by atoms with Gasteiger partial charge in [0, 0.05) is 18.0 Å². The van der Waals surface area contributed by atoms with Crippen molar-refractivity contribution >= 4 is 17.2 Å². The Morgan fingerprint density at radius 2 is 2.33 bits per heavy atom. The minimum absolute atomic E-state index is 0.209. The van der Waals surface area contributed by atoms with Gasteiger partial charge in [0.2, 0.25) is 0 Å². The summed E-state index contributed by atoms with van der Waals surface area (Å²) in [6, 6.07) is 3.41. The number of H-pyrrole nitrogens is 1. The number of carbonyl (C=O) groups excluding carboxylic acids is 1. The average molecular weight is 242 g/mol. The van der Waals surface area contributed by atoms with Gasteiger partial charge in [0.1, 0.15) is 5.82 Å². The minimum Gasteiger partial charge on any atom is -0.319 e. The number of amides is 1. The van der Waals surface area contributed by atoms with E-state index in [2.05, 4.69) is 25.7 Å². The Morgan fingerprint density at radius 3 is 3.11 bits per heavy atom. The number of aryl methyl sites for hydroxylation is 1. The molecule has 0 atom stereocenters. The first-order valence-corrected chi connectivity index (χ1v) is 5.35. The Hall–Kier alpha value is -2.70. The SMILES string of the molecule is Cc1nnc2cc(C(=O)Nc3cn[nH]c3)ccn12. The quantitative estimate of drug-likeness (QED) is 0.702. The molecule has 0 aliphatic heterocycles. The fourth-order valence-corrected chi connectivity index (χ4v) is 1.67. The number of nitrogens with zero attached hydrogens (tertiary/aromatic N) is 4. The number of hydrogen-bond acceptors (Lipinski definition) is 4. The van der Waals surface area contributed by atoms with E-state index in [4.69, 9.17) is 0 Å². The summed E-state index contributed by atoms with van der Waals surface area (Å²) in [5.74, 6) is 0.575. The van der Waals surface area contributed by atoms with E-state index in [-0.39, 0.29) is 5.91 Å². The number of aromatic amines is 1. The largest absolute Gasteiger partial charge is 0.319 e. The van der Waals surface area contributed by atoms with Crippen LogP contribution in [0, 0.1) is 6.92 Å². The van der Waals surface area contributed by atoms with Crippen molar-refractivity contribution in [2.75, 3.05) is 5.32 Å². The molecule has 0 saturated carbocycles. The number of carbonyl (C=O) groups is 1. The molecule has 0 fully saturated rings. The van der Waals surface area contributed by atoms with Gasteiger partial charge in [-0.15, -0.1) is 10.2 Å². The molecule has 7 heteroatoms. The first kappa shape index (κ1) is 10.5. The summed E-state index contributed by atoms with van der Waals surface area (Å²) >= 11 is 0. The van der Waals surface area contributed by atoms with Gasteiger partial charge in [-0.3, -0.25) is 14.3 Å². The van der Waals surface area contributed by atoms with E-state index in [0.717, 1.165) is 5.82 Å². The third-order valence-electron chi connectivity index (χ3n) is 2.60.